The number of benzene rings is 1. The van der Waals surface area contributed by atoms with Crippen molar-refractivity contribution in [1.29, 1.82) is 0 Å². The number of amides is 1. The number of likely N-dealkylation sites (tertiary alicyclic amines) is 1. The van der Waals surface area contributed by atoms with Crippen LogP contribution in [-0.2, 0) is 21.9 Å². The average Bonchev–Trinajstić information content (AvgIpc) is 2.73. The monoisotopic (exact) mass is 552 g/mol. The molecule has 2 atom stereocenters. The highest BCUT2D eigenvalue weighted by atomic mass is 35.5. The van der Waals surface area contributed by atoms with E-state index in [9.17, 15) is 22.2 Å². The summed E-state index contributed by atoms with van der Waals surface area (Å²) in [5.41, 5.74) is -1.26. The van der Waals surface area contributed by atoms with Crippen LogP contribution in [0.1, 0.15) is 71.6 Å². The number of hydrogen-bond acceptors (Lipinski definition) is 4. The molecule has 204 valence electrons. The highest BCUT2D eigenvalue weighted by molar-refractivity contribution is 7.84. The van der Waals surface area contributed by atoms with Gasteiger partial charge in [0.25, 0.3) is 0 Å². The Bertz CT molecular complexity index is 966. The van der Waals surface area contributed by atoms with Crippen molar-refractivity contribution >= 4 is 28.7 Å². The van der Waals surface area contributed by atoms with E-state index in [1.165, 1.54) is 12.1 Å². The van der Waals surface area contributed by atoms with Crippen LogP contribution >= 0.6 is 11.6 Å². The van der Waals surface area contributed by atoms with Gasteiger partial charge in [0.05, 0.1) is 32.4 Å². The molecule has 0 radical (unpaired) electrons. The van der Waals surface area contributed by atoms with Crippen molar-refractivity contribution < 1.29 is 31.6 Å². The van der Waals surface area contributed by atoms with Crippen molar-refractivity contribution in [3.05, 3.63) is 40.9 Å². The molecule has 1 amide bonds. The number of nitrogens with one attached hydrogen (secondary N) is 1. The number of hydrogen-bond donors (Lipinski definition) is 1. The molecule has 1 fully saturated rings. The fraction of sp³-hybridized carbons (Fsp3) is 0.640. The standard InChI is InChI=1S/C25H36ClF3N2O4S/c1-8-13-34-20-15-18(25(27,28)29)19(26)14-17(20)21(30-36(33)24(5,6)7)16-9-11-31(12-10-16)22(32)35-23(2,3)4/h8,14-16,21,30H,1,9-13H2,2-7H3/t21-,36?/m1/s1. The lowest BCUT2D eigenvalue weighted by Crippen LogP contribution is -2.45. The Morgan fingerprint density at radius 2 is 1.81 bits per heavy atom. The molecule has 1 heterocycles. The number of rotatable bonds is 7. The van der Waals surface area contributed by atoms with Gasteiger partial charge in [0.1, 0.15) is 18.0 Å². The largest absolute Gasteiger partial charge is 0.489 e. The van der Waals surface area contributed by atoms with Gasteiger partial charge in [0.2, 0.25) is 0 Å². The summed E-state index contributed by atoms with van der Waals surface area (Å²) in [7, 11) is -1.54. The second-order valence-electron chi connectivity index (χ2n) is 10.7. The molecule has 0 spiro atoms. The first-order chi connectivity index (χ1) is 16.4. The zero-order valence-corrected chi connectivity index (χ0v) is 23.2. The van der Waals surface area contributed by atoms with Crippen molar-refractivity contribution in [3.63, 3.8) is 0 Å². The number of carbonyl (C=O) groups is 1. The quantitative estimate of drug-likeness (QED) is 0.384. The molecular weight excluding hydrogens is 517 g/mol. The van der Waals surface area contributed by atoms with Gasteiger partial charge in [-0.15, -0.1) is 0 Å². The normalized spacial score (nSPS) is 17.4. The molecular formula is C25H36ClF3N2O4S. The molecule has 0 aromatic heterocycles. The molecule has 1 aliphatic heterocycles. The van der Waals surface area contributed by atoms with E-state index < -0.39 is 50.2 Å². The van der Waals surface area contributed by atoms with Gasteiger partial charge in [0, 0.05) is 18.7 Å². The van der Waals surface area contributed by atoms with Gasteiger partial charge in [-0.25, -0.2) is 13.7 Å². The molecule has 1 saturated heterocycles. The van der Waals surface area contributed by atoms with Crippen LogP contribution in [0.5, 0.6) is 5.75 Å². The third-order valence-electron chi connectivity index (χ3n) is 5.55. The van der Waals surface area contributed by atoms with E-state index in [0.29, 0.717) is 31.5 Å². The molecule has 1 aromatic carbocycles. The van der Waals surface area contributed by atoms with Gasteiger partial charge in [0.15, 0.2) is 0 Å². The highest BCUT2D eigenvalue weighted by Gasteiger charge is 2.38. The molecule has 1 aliphatic rings. The van der Waals surface area contributed by atoms with Crippen LogP contribution in [0.4, 0.5) is 18.0 Å². The SMILES string of the molecule is C=CCOc1cc(C(F)(F)F)c(Cl)cc1[C@H](NS(=O)C(C)(C)C)C1CCN(C(=O)OC(C)(C)C)CC1. The van der Waals surface area contributed by atoms with Crippen molar-refractivity contribution in [2.24, 2.45) is 5.92 Å². The maximum Gasteiger partial charge on any atom is 0.417 e. The molecule has 2 rings (SSSR count). The smallest absolute Gasteiger partial charge is 0.417 e. The molecule has 1 unspecified atom stereocenters. The van der Waals surface area contributed by atoms with Crippen molar-refractivity contribution in [1.82, 2.24) is 9.62 Å². The van der Waals surface area contributed by atoms with Crippen LogP contribution in [0.3, 0.4) is 0 Å². The average molecular weight is 553 g/mol. The minimum Gasteiger partial charge on any atom is -0.489 e. The topological polar surface area (TPSA) is 67.9 Å². The van der Waals surface area contributed by atoms with Gasteiger partial charge in [-0.3, -0.25) is 0 Å². The molecule has 0 aliphatic carbocycles. The van der Waals surface area contributed by atoms with Gasteiger partial charge < -0.3 is 14.4 Å². The molecule has 1 N–H and O–H groups in total. The van der Waals surface area contributed by atoms with E-state index in [1.807, 2.05) is 0 Å². The van der Waals surface area contributed by atoms with Crippen LogP contribution in [0.2, 0.25) is 5.02 Å². The molecule has 1 aromatic rings. The van der Waals surface area contributed by atoms with E-state index in [-0.39, 0.29) is 18.3 Å². The molecule has 0 bridgehead atoms. The minimum atomic E-state index is -4.67. The van der Waals surface area contributed by atoms with E-state index in [2.05, 4.69) is 11.3 Å². The lowest BCUT2D eigenvalue weighted by molar-refractivity contribution is -0.137. The first kappa shape index (κ1) is 30.4. The summed E-state index contributed by atoms with van der Waals surface area (Å²) < 4.78 is 67.4. The van der Waals surface area contributed by atoms with Gasteiger partial charge >= 0.3 is 12.3 Å². The Labute approximate surface area is 219 Å². The Morgan fingerprint density at radius 3 is 2.28 bits per heavy atom. The van der Waals surface area contributed by atoms with Crippen LogP contribution in [0.15, 0.2) is 24.8 Å². The second kappa shape index (κ2) is 11.7. The summed E-state index contributed by atoms with van der Waals surface area (Å²) in [5.74, 6) is -0.168. The van der Waals surface area contributed by atoms with E-state index in [0.717, 1.165) is 6.07 Å². The van der Waals surface area contributed by atoms with Crippen LogP contribution in [-0.4, -0.2) is 45.2 Å². The number of piperidine rings is 1. The predicted molar refractivity (Wildman–Crippen MR) is 136 cm³/mol. The maximum absolute atomic E-state index is 13.6. The number of nitrogens with zero attached hydrogens (tertiary/aromatic N) is 1. The number of ether oxygens (including phenoxy) is 2. The zero-order valence-electron chi connectivity index (χ0n) is 21.6. The zero-order chi connectivity index (χ0) is 27.5. The lowest BCUT2D eigenvalue weighted by atomic mass is 9.85. The summed E-state index contributed by atoms with van der Waals surface area (Å²) >= 11 is 6.09. The number of alkyl halides is 3. The molecule has 11 heteroatoms. The number of carbonyl (C=O) groups excluding carboxylic acids is 1. The minimum absolute atomic E-state index is 0.00962. The lowest BCUT2D eigenvalue weighted by Gasteiger charge is -2.38. The Morgan fingerprint density at radius 1 is 1.22 bits per heavy atom. The summed E-state index contributed by atoms with van der Waals surface area (Å²) in [6.07, 6.45) is -2.63. The third-order valence-corrected chi connectivity index (χ3v) is 7.44. The summed E-state index contributed by atoms with van der Waals surface area (Å²) in [4.78, 5) is 14.1. The molecule has 6 nitrogen and oxygen atoms in total. The Hall–Kier alpha value is -1.78. The van der Waals surface area contributed by atoms with Crippen molar-refractivity contribution in [2.45, 2.75) is 77.0 Å². The van der Waals surface area contributed by atoms with E-state index >= 15 is 0 Å². The van der Waals surface area contributed by atoms with Crippen molar-refractivity contribution in [3.8, 4) is 5.75 Å². The third kappa shape index (κ3) is 8.38. The molecule has 0 saturated carbocycles. The predicted octanol–water partition coefficient (Wildman–Crippen LogP) is 6.66. The second-order valence-corrected chi connectivity index (χ2v) is 13.2. The van der Waals surface area contributed by atoms with Crippen LogP contribution in [0, 0.1) is 5.92 Å². The first-order valence-corrected chi connectivity index (χ1v) is 13.3. The fourth-order valence-corrected chi connectivity index (χ4v) is 4.93. The van der Waals surface area contributed by atoms with Gasteiger partial charge in [-0.2, -0.15) is 13.2 Å². The highest BCUT2D eigenvalue weighted by Crippen LogP contribution is 2.43. The van der Waals surface area contributed by atoms with Crippen LogP contribution in [0.25, 0.3) is 0 Å². The Balaban J connectivity index is 2.45. The van der Waals surface area contributed by atoms with Crippen LogP contribution < -0.4 is 9.46 Å². The summed E-state index contributed by atoms with van der Waals surface area (Å²) in [6.45, 7) is 15.1. The fourth-order valence-electron chi connectivity index (χ4n) is 3.75. The molecule has 36 heavy (non-hydrogen) atoms. The van der Waals surface area contributed by atoms with Gasteiger partial charge in [-0.1, -0.05) is 24.3 Å². The summed E-state index contributed by atoms with van der Waals surface area (Å²) in [5, 5.41) is -0.469. The first-order valence-electron chi connectivity index (χ1n) is 11.7. The summed E-state index contributed by atoms with van der Waals surface area (Å²) in [6, 6.07) is 1.48. The van der Waals surface area contributed by atoms with E-state index in [1.54, 1.807) is 46.4 Å². The number of halogens is 4. The van der Waals surface area contributed by atoms with Gasteiger partial charge in [-0.05, 0) is 72.4 Å². The maximum atomic E-state index is 13.6. The van der Waals surface area contributed by atoms with Crippen molar-refractivity contribution in [2.75, 3.05) is 19.7 Å². The Kier molecular flexibility index (Phi) is 9.92. The van der Waals surface area contributed by atoms with E-state index in [4.69, 9.17) is 21.1 Å².